The van der Waals surface area contributed by atoms with E-state index in [1.54, 1.807) is 12.1 Å². The first-order valence-corrected chi connectivity index (χ1v) is 4.31. The van der Waals surface area contributed by atoms with Crippen molar-refractivity contribution < 1.29 is 19.4 Å². The molecule has 0 aliphatic heterocycles. The Morgan fingerprint density at radius 1 is 1.38 bits per heavy atom. The van der Waals surface area contributed by atoms with E-state index in [1.165, 1.54) is 25.2 Å². The number of aromatic hydroxyl groups is 1. The molecule has 1 heterocycles. The second-order valence-electron chi connectivity index (χ2n) is 2.04. The monoisotopic (exact) mass is 202 g/mol. The van der Waals surface area contributed by atoms with Crippen molar-refractivity contribution in [3.63, 3.8) is 0 Å². The molecule has 0 radical (unpaired) electrons. The summed E-state index contributed by atoms with van der Waals surface area (Å²) in [6.45, 7) is 2.36. The van der Waals surface area contributed by atoms with Crippen LogP contribution in [-0.2, 0) is 14.3 Å². The lowest BCUT2D eigenvalue weighted by atomic mass is 10.7. The van der Waals surface area contributed by atoms with E-state index in [1.807, 2.05) is 5.38 Å². The Hall–Kier alpha value is -1.36. The molecule has 0 bridgehead atoms. The number of carbonyl (C=O) groups excluding carboxylic acids is 2. The van der Waals surface area contributed by atoms with Gasteiger partial charge in [-0.15, -0.1) is 11.3 Å². The summed E-state index contributed by atoms with van der Waals surface area (Å²) >= 11 is 1.33. The number of thiophene rings is 1. The van der Waals surface area contributed by atoms with Gasteiger partial charge in [-0.25, -0.2) is 0 Å². The fraction of sp³-hybridized carbons (Fsp3) is 0.250. The topological polar surface area (TPSA) is 63.6 Å². The Bertz CT molecular complexity index is 254. The summed E-state index contributed by atoms with van der Waals surface area (Å²) in [4.78, 5) is 19.6. The number of rotatable bonds is 0. The molecule has 0 aliphatic rings. The number of ether oxygens (including phenoxy) is 1. The number of hydrogen-bond acceptors (Lipinski definition) is 5. The lowest BCUT2D eigenvalue weighted by molar-refractivity contribution is -0.156. The van der Waals surface area contributed by atoms with Gasteiger partial charge in [-0.1, -0.05) is 0 Å². The summed E-state index contributed by atoms with van der Waals surface area (Å²) in [7, 11) is 0. The molecule has 1 aromatic heterocycles. The molecule has 1 aromatic rings. The molecular weight excluding hydrogens is 192 g/mol. The molecule has 0 unspecified atom stereocenters. The van der Waals surface area contributed by atoms with Crippen LogP contribution in [0.5, 0.6) is 5.06 Å². The maximum absolute atomic E-state index is 9.81. The first-order chi connectivity index (χ1) is 6.02. The van der Waals surface area contributed by atoms with Gasteiger partial charge in [-0.05, 0) is 17.5 Å². The molecule has 0 fully saturated rings. The van der Waals surface area contributed by atoms with Gasteiger partial charge in [0.05, 0.1) is 0 Å². The Morgan fingerprint density at radius 2 is 1.92 bits per heavy atom. The zero-order valence-electron chi connectivity index (χ0n) is 7.31. The predicted molar refractivity (Wildman–Crippen MR) is 48.4 cm³/mol. The summed E-state index contributed by atoms with van der Waals surface area (Å²) in [5.41, 5.74) is 0. The first-order valence-electron chi connectivity index (χ1n) is 3.44. The van der Waals surface area contributed by atoms with Crippen molar-refractivity contribution >= 4 is 23.3 Å². The van der Waals surface area contributed by atoms with Gasteiger partial charge in [0.25, 0.3) is 0 Å². The van der Waals surface area contributed by atoms with Crippen molar-refractivity contribution in [3.8, 4) is 5.06 Å². The molecule has 0 aliphatic carbocycles. The van der Waals surface area contributed by atoms with Crippen LogP contribution in [0.4, 0.5) is 0 Å². The van der Waals surface area contributed by atoms with E-state index in [2.05, 4.69) is 4.74 Å². The van der Waals surface area contributed by atoms with Crippen molar-refractivity contribution in [2.24, 2.45) is 0 Å². The second kappa shape index (κ2) is 6.19. The molecule has 1 N–H and O–H groups in total. The minimum absolute atomic E-state index is 0.384. The third kappa shape index (κ3) is 8.55. The highest BCUT2D eigenvalue weighted by atomic mass is 32.1. The fourth-order valence-corrected chi connectivity index (χ4v) is 0.926. The third-order valence-electron chi connectivity index (χ3n) is 0.794. The predicted octanol–water partition coefficient (Wildman–Crippen LogP) is 1.55. The number of hydrogen-bond donors (Lipinski definition) is 1. The average Bonchev–Trinajstić information content (AvgIpc) is 2.37. The highest BCUT2D eigenvalue weighted by Crippen LogP contribution is 2.14. The number of esters is 2. The molecule has 0 atom stereocenters. The highest BCUT2D eigenvalue weighted by molar-refractivity contribution is 7.11. The molecule has 72 valence electrons. The lowest BCUT2D eigenvalue weighted by Gasteiger charge is -1.87. The van der Waals surface area contributed by atoms with E-state index in [0.717, 1.165) is 0 Å². The van der Waals surface area contributed by atoms with E-state index >= 15 is 0 Å². The standard InChI is InChI=1S/C4H6O3.C4H4OS/c1-3(5)7-4(2)6;5-4-2-1-3-6-4/h1-2H3;1-3,5H. The fourth-order valence-electron chi connectivity index (χ4n) is 0.472. The van der Waals surface area contributed by atoms with Crippen LogP contribution in [0, 0.1) is 0 Å². The van der Waals surface area contributed by atoms with Gasteiger partial charge in [-0.3, -0.25) is 9.59 Å². The number of carbonyl (C=O) groups is 2. The minimum Gasteiger partial charge on any atom is -0.499 e. The van der Waals surface area contributed by atoms with E-state index < -0.39 is 11.9 Å². The molecular formula is C8H10O4S. The zero-order chi connectivity index (χ0) is 10.3. The summed E-state index contributed by atoms with van der Waals surface area (Å²) in [6, 6.07) is 3.46. The first kappa shape index (κ1) is 11.6. The largest absolute Gasteiger partial charge is 0.499 e. The molecule has 0 spiro atoms. The molecule has 13 heavy (non-hydrogen) atoms. The zero-order valence-corrected chi connectivity index (χ0v) is 8.13. The molecule has 5 heteroatoms. The summed E-state index contributed by atoms with van der Waals surface area (Å²) in [5, 5.41) is 10.7. The Morgan fingerprint density at radius 3 is 2.00 bits per heavy atom. The SMILES string of the molecule is CC(=O)OC(C)=O.Oc1cccs1. The molecule has 0 saturated carbocycles. The van der Waals surface area contributed by atoms with Crippen molar-refractivity contribution in [2.75, 3.05) is 0 Å². The molecule has 0 aromatic carbocycles. The van der Waals surface area contributed by atoms with Crippen LogP contribution < -0.4 is 0 Å². The Balaban J connectivity index is 0.000000223. The van der Waals surface area contributed by atoms with E-state index in [4.69, 9.17) is 5.11 Å². The van der Waals surface area contributed by atoms with Crippen LogP contribution >= 0.6 is 11.3 Å². The maximum Gasteiger partial charge on any atom is 0.310 e. The van der Waals surface area contributed by atoms with Gasteiger partial charge in [0.1, 0.15) is 0 Å². The summed E-state index contributed by atoms with van der Waals surface area (Å²) < 4.78 is 3.97. The van der Waals surface area contributed by atoms with Crippen molar-refractivity contribution in [2.45, 2.75) is 13.8 Å². The van der Waals surface area contributed by atoms with Crippen molar-refractivity contribution in [1.82, 2.24) is 0 Å². The van der Waals surface area contributed by atoms with E-state index in [-0.39, 0.29) is 0 Å². The Kier molecular flexibility index (Phi) is 5.54. The van der Waals surface area contributed by atoms with Crippen LogP contribution in [0.15, 0.2) is 17.5 Å². The van der Waals surface area contributed by atoms with Gasteiger partial charge < -0.3 is 9.84 Å². The van der Waals surface area contributed by atoms with Gasteiger partial charge in [0, 0.05) is 13.8 Å². The van der Waals surface area contributed by atoms with E-state index in [9.17, 15) is 9.59 Å². The van der Waals surface area contributed by atoms with Crippen molar-refractivity contribution in [1.29, 1.82) is 0 Å². The molecule has 0 saturated heterocycles. The van der Waals surface area contributed by atoms with Gasteiger partial charge >= 0.3 is 11.9 Å². The quantitative estimate of drug-likeness (QED) is 0.512. The smallest absolute Gasteiger partial charge is 0.310 e. The summed E-state index contributed by atoms with van der Waals surface area (Å²) in [5.74, 6) is -1.12. The third-order valence-corrected chi connectivity index (χ3v) is 1.46. The summed E-state index contributed by atoms with van der Waals surface area (Å²) in [6.07, 6.45) is 0. The molecule has 4 nitrogen and oxygen atoms in total. The van der Waals surface area contributed by atoms with Crippen LogP contribution in [0.25, 0.3) is 0 Å². The Labute approximate surface area is 79.8 Å². The van der Waals surface area contributed by atoms with E-state index in [0.29, 0.717) is 5.06 Å². The maximum atomic E-state index is 9.81. The minimum atomic E-state index is -0.562. The van der Waals surface area contributed by atoms with Crippen LogP contribution in [-0.4, -0.2) is 17.0 Å². The van der Waals surface area contributed by atoms with Crippen molar-refractivity contribution in [3.05, 3.63) is 17.5 Å². The second-order valence-corrected chi connectivity index (χ2v) is 2.96. The highest BCUT2D eigenvalue weighted by Gasteiger charge is 1.93. The van der Waals surface area contributed by atoms with Crippen LogP contribution in [0.2, 0.25) is 0 Å². The molecule has 0 amide bonds. The normalized spacial score (nSPS) is 8.15. The van der Waals surface area contributed by atoms with Crippen LogP contribution in [0.1, 0.15) is 13.8 Å². The van der Waals surface area contributed by atoms with Gasteiger partial charge in [-0.2, -0.15) is 0 Å². The van der Waals surface area contributed by atoms with Crippen LogP contribution in [0.3, 0.4) is 0 Å². The lowest BCUT2D eigenvalue weighted by Crippen LogP contribution is -2.03. The van der Waals surface area contributed by atoms with Gasteiger partial charge in [0.15, 0.2) is 5.06 Å². The average molecular weight is 202 g/mol. The molecule has 1 rings (SSSR count). The van der Waals surface area contributed by atoms with Gasteiger partial charge in [0.2, 0.25) is 0 Å².